The molecule has 166 valence electrons. The van der Waals surface area contributed by atoms with Crippen molar-refractivity contribution in [3.63, 3.8) is 0 Å². The molecule has 1 saturated carbocycles. The summed E-state index contributed by atoms with van der Waals surface area (Å²) in [5, 5.41) is 3.20. The van der Waals surface area contributed by atoms with Crippen molar-refractivity contribution < 1.29 is 15.7 Å². The summed E-state index contributed by atoms with van der Waals surface area (Å²) in [7, 11) is 0. The fourth-order valence-electron chi connectivity index (χ4n) is 4.51. The van der Waals surface area contributed by atoms with Gasteiger partial charge in [0.05, 0.1) is 5.41 Å². The van der Waals surface area contributed by atoms with Crippen LogP contribution in [0.15, 0.2) is 60.7 Å². The van der Waals surface area contributed by atoms with Gasteiger partial charge in [0.15, 0.2) is 11.5 Å². The molecule has 0 spiro atoms. The molecule has 3 aromatic carbocycles. The summed E-state index contributed by atoms with van der Waals surface area (Å²) in [4.78, 5) is 13.4. The molecular weight excluding hydrogens is 398 g/mol. The second-order valence-electron chi connectivity index (χ2n) is 9.11. The summed E-state index contributed by atoms with van der Waals surface area (Å²) in [6, 6.07) is 20.8. The van der Waals surface area contributed by atoms with Gasteiger partial charge in [0.2, 0.25) is 12.7 Å². The van der Waals surface area contributed by atoms with Crippen LogP contribution in [-0.4, -0.2) is 12.7 Å². The SMILES string of the molecule is CCc1ccc(NC(=O)C2(c3ccc4c(c3)OCO4)CC2)cc1-c1cccc(C(C)C)c1.[HH]. The summed E-state index contributed by atoms with van der Waals surface area (Å²) >= 11 is 0. The predicted octanol–water partition coefficient (Wildman–Crippen LogP) is 6.68. The standard InChI is InChI=1S/C28H29NO3.H2/c1-4-19-8-10-23(16-24(19)21-7-5-6-20(14-21)18(2)3)29-27(30)28(12-13-28)22-9-11-25-26(15-22)32-17-31-25;/h5-11,14-16,18H,4,12-13,17H2,1-3H3,(H,29,30);1H. The van der Waals surface area contributed by atoms with Crippen LogP contribution in [0.25, 0.3) is 11.1 Å². The third kappa shape index (κ3) is 3.64. The number of carbonyl (C=O) groups excluding carboxylic acids is 1. The molecule has 1 heterocycles. The van der Waals surface area contributed by atoms with Gasteiger partial charge in [0.25, 0.3) is 0 Å². The number of ether oxygens (including phenoxy) is 2. The van der Waals surface area contributed by atoms with E-state index in [1.54, 1.807) is 0 Å². The molecule has 5 rings (SSSR count). The molecule has 1 fully saturated rings. The van der Waals surface area contributed by atoms with E-state index in [4.69, 9.17) is 9.47 Å². The van der Waals surface area contributed by atoms with Gasteiger partial charge in [-0.15, -0.1) is 0 Å². The monoisotopic (exact) mass is 429 g/mol. The number of fused-ring (bicyclic) bond motifs is 1. The van der Waals surface area contributed by atoms with E-state index in [9.17, 15) is 4.79 Å². The molecule has 32 heavy (non-hydrogen) atoms. The number of amides is 1. The molecule has 2 aliphatic rings. The first kappa shape index (κ1) is 20.6. The number of carbonyl (C=O) groups is 1. The highest BCUT2D eigenvalue weighted by atomic mass is 16.7. The molecular formula is C28H31NO3. The Morgan fingerprint density at radius 2 is 1.84 bits per heavy atom. The van der Waals surface area contributed by atoms with E-state index in [1.807, 2.05) is 24.3 Å². The molecule has 4 nitrogen and oxygen atoms in total. The third-order valence-corrected chi connectivity index (χ3v) is 6.72. The number of hydrogen-bond donors (Lipinski definition) is 1. The Labute approximate surface area is 191 Å². The molecule has 0 bridgehead atoms. The molecule has 0 unspecified atom stereocenters. The van der Waals surface area contributed by atoms with Crippen LogP contribution in [0.2, 0.25) is 0 Å². The van der Waals surface area contributed by atoms with Crippen molar-refractivity contribution in [3.05, 3.63) is 77.4 Å². The van der Waals surface area contributed by atoms with E-state index in [0.717, 1.165) is 42.0 Å². The first-order chi connectivity index (χ1) is 15.5. The smallest absolute Gasteiger partial charge is 0.235 e. The summed E-state index contributed by atoms with van der Waals surface area (Å²) in [6.45, 7) is 6.83. The fourth-order valence-corrected chi connectivity index (χ4v) is 4.51. The van der Waals surface area contributed by atoms with Crippen LogP contribution in [0, 0.1) is 0 Å². The number of anilines is 1. The van der Waals surface area contributed by atoms with Crippen molar-refractivity contribution in [2.24, 2.45) is 0 Å². The minimum Gasteiger partial charge on any atom is -0.454 e. The maximum Gasteiger partial charge on any atom is 0.235 e. The van der Waals surface area contributed by atoms with Crippen LogP contribution in [-0.2, 0) is 16.6 Å². The molecule has 0 radical (unpaired) electrons. The van der Waals surface area contributed by atoms with E-state index in [2.05, 4.69) is 62.5 Å². The van der Waals surface area contributed by atoms with Crippen molar-refractivity contribution in [2.75, 3.05) is 12.1 Å². The van der Waals surface area contributed by atoms with Gasteiger partial charge >= 0.3 is 0 Å². The Morgan fingerprint density at radius 3 is 2.59 bits per heavy atom. The number of aryl methyl sites for hydroxylation is 1. The molecule has 1 aliphatic heterocycles. The topological polar surface area (TPSA) is 47.6 Å². The van der Waals surface area contributed by atoms with E-state index < -0.39 is 5.41 Å². The van der Waals surface area contributed by atoms with Crippen molar-refractivity contribution in [1.82, 2.24) is 0 Å². The van der Waals surface area contributed by atoms with Crippen LogP contribution < -0.4 is 14.8 Å². The molecule has 1 aliphatic carbocycles. The summed E-state index contributed by atoms with van der Waals surface area (Å²) in [6.07, 6.45) is 2.63. The quantitative estimate of drug-likeness (QED) is 0.475. The molecule has 4 heteroatoms. The summed E-state index contributed by atoms with van der Waals surface area (Å²) in [5.41, 5.74) is 6.32. The minimum absolute atomic E-state index is 0. The normalized spacial score (nSPS) is 15.6. The highest BCUT2D eigenvalue weighted by molar-refractivity contribution is 6.02. The zero-order valence-electron chi connectivity index (χ0n) is 18.9. The number of nitrogens with one attached hydrogen (secondary N) is 1. The van der Waals surface area contributed by atoms with Gasteiger partial charge in [0, 0.05) is 7.11 Å². The molecule has 0 aromatic heterocycles. The summed E-state index contributed by atoms with van der Waals surface area (Å²) in [5.74, 6) is 1.98. The number of benzene rings is 3. The van der Waals surface area contributed by atoms with E-state index in [-0.39, 0.29) is 14.1 Å². The zero-order valence-corrected chi connectivity index (χ0v) is 18.9. The van der Waals surface area contributed by atoms with Gasteiger partial charge in [-0.3, -0.25) is 4.79 Å². The lowest BCUT2D eigenvalue weighted by molar-refractivity contribution is -0.118. The average molecular weight is 430 g/mol. The van der Waals surface area contributed by atoms with Crippen molar-refractivity contribution in [1.29, 1.82) is 0 Å². The van der Waals surface area contributed by atoms with E-state index in [1.165, 1.54) is 22.3 Å². The Hall–Kier alpha value is -3.27. The average Bonchev–Trinajstić information content (AvgIpc) is 3.50. The van der Waals surface area contributed by atoms with Gasteiger partial charge in [-0.05, 0) is 77.3 Å². The minimum atomic E-state index is -0.484. The molecule has 0 atom stereocenters. The van der Waals surface area contributed by atoms with Crippen molar-refractivity contribution in [2.45, 2.75) is 51.4 Å². The Bertz CT molecular complexity index is 1180. The lowest BCUT2D eigenvalue weighted by Crippen LogP contribution is -2.27. The Morgan fingerprint density at radius 1 is 1.03 bits per heavy atom. The van der Waals surface area contributed by atoms with Gasteiger partial charge in [-0.2, -0.15) is 0 Å². The maximum atomic E-state index is 13.4. The van der Waals surface area contributed by atoms with Gasteiger partial charge in [-0.1, -0.05) is 57.2 Å². The summed E-state index contributed by atoms with van der Waals surface area (Å²) < 4.78 is 10.9. The highest BCUT2D eigenvalue weighted by Gasteiger charge is 2.51. The van der Waals surface area contributed by atoms with Crippen LogP contribution in [0.1, 0.15) is 57.6 Å². The van der Waals surface area contributed by atoms with Crippen molar-refractivity contribution in [3.8, 4) is 22.6 Å². The first-order valence-electron chi connectivity index (χ1n) is 11.4. The number of rotatable bonds is 6. The largest absolute Gasteiger partial charge is 0.454 e. The van der Waals surface area contributed by atoms with Crippen LogP contribution >= 0.6 is 0 Å². The van der Waals surface area contributed by atoms with Gasteiger partial charge < -0.3 is 14.8 Å². The predicted molar refractivity (Wildman–Crippen MR) is 130 cm³/mol. The van der Waals surface area contributed by atoms with Crippen LogP contribution in [0.4, 0.5) is 5.69 Å². The lowest BCUT2D eigenvalue weighted by Gasteiger charge is -2.18. The van der Waals surface area contributed by atoms with Crippen LogP contribution in [0.5, 0.6) is 11.5 Å². The Kier molecular flexibility index (Phi) is 5.16. The maximum absolute atomic E-state index is 13.4. The zero-order chi connectivity index (χ0) is 22.3. The van der Waals surface area contributed by atoms with Crippen LogP contribution in [0.3, 0.4) is 0 Å². The number of hydrogen-bond acceptors (Lipinski definition) is 3. The molecule has 1 N–H and O–H groups in total. The van der Waals surface area contributed by atoms with E-state index in [0.29, 0.717) is 5.92 Å². The van der Waals surface area contributed by atoms with E-state index >= 15 is 0 Å². The lowest BCUT2D eigenvalue weighted by atomic mass is 9.92. The molecule has 3 aromatic rings. The fraction of sp³-hybridized carbons (Fsp3) is 0.321. The highest BCUT2D eigenvalue weighted by Crippen LogP contribution is 2.51. The first-order valence-corrected chi connectivity index (χ1v) is 11.4. The van der Waals surface area contributed by atoms with Gasteiger partial charge in [-0.25, -0.2) is 0 Å². The van der Waals surface area contributed by atoms with Gasteiger partial charge in [0.1, 0.15) is 0 Å². The third-order valence-electron chi connectivity index (χ3n) is 6.72. The molecule has 1 amide bonds. The Balaban J connectivity index is 0.00000259. The van der Waals surface area contributed by atoms with Crippen molar-refractivity contribution >= 4 is 11.6 Å². The second kappa shape index (κ2) is 8.01. The molecule has 0 saturated heterocycles. The second-order valence-corrected chi connectivity index (χ2v) is 9.11.